The molecular formula is C2H2BF4O4-. The first-order chi connectivity index (χ1) is 4.64. The monoisotopic (exact) mass is 177 g/mol. The molecule has 0 saturated carbocycles. The highest BCUT2D eigenvalue weighted by Crippen LogP contribution is 2.06. The van der Waals surface area contributed by atoms with Gasteiger partial charge in [0.15, 0.2) is 0 Å². The van der Waals surface area contributed by atoms with Gasteiger partial charge in [0.2, 0.25) is 0 Å². The molecule has 0 saturated heterocycles. The molecule has 4 nitrogen and oxygen atoms in total. The second-order valence-corrected chi connectivity index (χ2v) is 1.11. The summed E-state index contributed by atoms with van der Waals surface area (Å²) in [6.45, 7) is 0. The lowest BCUT2D eigenvalue weighted by Crippen LogP contribution is -2.09. The number of hydrogen-bond donors (Lipinski definition) is 2. The molecule has 0 unspecified atom stereocenters. The first-order valence-electron chi connectivity index (χ1n) is 1.98. The normalized spacial score (nSPS) is 9.45. The van der Waals surface area contributed by atoms with Crippen LogP contribution in [0.25, 0.3) is 0 Å². The molecule has 0 heterocycles. The average molecular weight is 177 g/mol. The molecule has 0 bridgehead atoms. The zero-order valence-corrected chi connectivity index (χ0v) is 4.80. The fraction of sp³-hybridized carbons (Fsp3) is 0. The highest BCUT2D eigenvalue weighted by Gasteiger charge is 2.20. The Labute approximate surface area is 57.5 Å². The fourth-order valence-corrected chi connectivity index (χ4v) is 0. The largest absolute Gasteiger partial charge is 0.673 e. The highest BCUT2D eigenvalue weighted by molar-refractivity contribution is 6.50. The molecule has 0 aromatic heterocycles. The third-order valence-electron chi connectivity index (χ3n) is 0.183. The summed E-state index contributed by atoms with van der Waals surface area (Å²) >= 11 is 0. The van der Waals surface area contributed by atoms with Gasteiger partial charge < -0.3 is 27.5 Å². The van der Waals surface area contributed by atoms with E-state index in [2.05, 4.69) is 0 Å². The Hall–Kier alpha value is -1.28. The molecule has 0 radical (unpaired) electrons. The summed E-state index contributed by atoms with van der Waals surface area (Å²) in [5.41, 5.74) is 0. The molecule has 0 atom stereocenters. The fourth-order valence-electron chi connectivity index (χ4n) is 0. The summed E-state index contributed by atoms with van der Waals surface area (Å²) in [7, 11) is -6.00. The SMILES string of the molecule is F[B-](F)(F)F.O=C(O)C(=O)O. The Morgan fingerprint density at radius 1 is 0.909 bits per heavy atom. The lowest BCUT2D eigenvalue weighted by Gasteiger charge is -1.94. The van der Waals surface area contributed by atoms with Crippen LogP contribution in [0.5, 0.6) is 0 Å². The van der Waals surface area contributed by atoms with Crippen LogP contribution in [0.1, 0.15) is 0 Å². The van der Waals surface area contributed by atoms with Crippen LogP contribution in [0, 0.1) is 0 Å². The molecule has 11 heavy (non-hydrogen) atoms. The van der Waals surface area contributed by atoms with E-state index in [-0.39, 0.29) is 0 Å². The molecule has 0 aliphatic heterocycles. The van der Waals surface area contributed by atoms with Crippen molar-refractivity contribution >= 4 is 19.2 Å². The van der Waals surface area contributed by atoms with Crippen LogP contribution < -0.4 is 0 Å². The summed E-state index contributed by atoms with van der Waals surface area (Å²) < 4.78 is 39.0. The number of carboxylic acid groups (broad SMARTS) is 2. The average Bonchev–Trinajstić information content (AvgIpc) is 1.59. The molecule has 0 fully saturated rings. The van der Waals surface area contributed by atoms with Crippen molar-refractivity contribution in [2.75, 3.05) is 0 Å². The van der Waals surface area contributed by atoms with Crippen molar-refractivity contribution in [1.29, 1.82) is 0 Å². The molecule has 66 valence electrons. The topological polar surface area (TPSA) is 74.6 Å². The Kier molecular flexibility index (Phi) is 5.10. The molecule has 9 heteroatoms. The summed E-state index contributed by atoms with van der Waals surface area (Å²) in [4.78, 5) is 18.2. The van der Waals surface area contributed by atoms with Crippen molar-refractivity contribution in [3.8, 4) is 0 Å². The standard InChI is InChI=1S/C2H2O4.BF4/c3-1(4)2(5)6;2-1(3,4)5/h(H,3,4)(H,5,6);/q;-1. The summed E-state index contributed by atoms with van der Waals surface area (Å²) in [6.07, 6.45) is 0. The van der Waals surface area contributed by atoms with E-state index in [9.17, 15) is 17.3 Å². The van der Waals surface area contributed by atoms with Crippen molar-refractivity contribution in [2.24, 2.45) is 0 Å². The van der Waals surface area contributed by atoms with E-state index < -0.39 is 19.2 Å². The summed E-state index contributed by atoms with van der Waals surface area (Å²) in [5.74, 6) is -3.65. The molecule has 0 spiro atoms. The summed E-state index contributed by atoms with van der Waals surface area (Å²) in [5, 5.41) is 14.8. The number of aliphatic carboxylic acids is 2. The van der Waals surface area contributed by atoms with Gasteiger partial charge in [0.1, 0.15) is 0 Å². The predicted molar refractivity (Wildman–Crippen MR) is 25.5 cm³/mol. The molecule has 0 aliphatic rings. The summed E-state index contributed by atoms with van der Waals surface area (Å²) in [6, 6.07) is 0. The Morgan fingerprint density at radius 3 is 1.00 bits per heavy atom. The zero-order valence-electron chi connectivity index (χ0n) is 4.80. The molecule has 0 aromatic rings. The molecule has 0 amide bonds. The number of carboxylic acids is 2. The highest BCUT2D eigenvalue weighted by atomic mass is 19.5. The second-order valence-electron chi connectivity index (χ2n) is 1.11. The first-order valence-corrected chi connectivity index (χ1v) is 1.98. The lowest BCUT2D eigenvalue weighted by molar-refractivity contribution is -0.159. The molecule has 0 aromatic carbocycles. The van der Waals surface area contributed by atoms with E-state index in [0.717, 1.165) is 0 Å². The third kappa shape index (κ3) is 53.1. The molecule has 0 rings (SSSR count). The Morgan fingerprint density at radius 2 is 1.00 bits per heavy atom. The molecule has 0 aliphatic carbocycles. The van der Waals surface area contributed by atoms with Gasteiger partial charge in [-0.1, -0.05) is 0 Å². The quantitative estimate of drug-likeness (QED) is 0.320. The van der Waals surface area contributed by atoms with Crippen molar-refractivity contribution in [1.82, 2.24) is 0 Å². The minimum absolute atomic E-state index is 1.82. The van der Waals surface area contributed by atoms with Crippen LogP contribution in [-0.2, 0) is 9.59 Å². The zero-order chi connectivity index (χ0) is 9.65. The van der Waals surface area contributed by atoms with Crippen molar-refractivity contribution in [3.63, 3.8) is 0 Å². The van der Waals surface area contributed by atoms with Crippen LogP contribution in [0.4, 0.5) is 17.3 Å². The third-order valence-corrected chi connectivity index (χ3v) is 0.183. The van der Waals surface area contributed by atoms with E-state index >= 15 is 0 Å². The van der Waals surface area contributed by atoms with Gasteiger partial charge in [-0.15, -0.1) is 0 Å². The van der Waals surface area contributed by atoms with E-state index in [4.69, 9.17) is 19.8 Å². The van der Waals surface area contributed by atoms with Gasteiger partial charge in [-0.2, -0.15) is 0 Å². The Bertz CT molecular complexity index is 135. The first kappa shape index (κ1) is 12.4. The number of hydrogen-bond acceptors (Lipinski definition) is 2. The minimum atomic E-state index is -6.00. The van der Waals surface area contributed by atoms with Gasteiger partial charge in [0.25, 0.3) is 0 Å². The van der Waals surface area contributed by atoms with Gasteiger partial charge in [0, 0.05) is 0 Å². The van der Waals surface area contributed by atoms with Gasteiger partial charge in [-0.25, -0.2) is 9.59 Å². The second kappa shape index (κ2) is 4.53. The number of carbonyl (C=O) groups is 2. The number of rotatable bonds is 0. The van der Waals surface area contributed by atoms with Crippen LogP contribution in [-0.4, -0.2) is 29.4 Å². The number of halogens is 4. The lowest BCUT2D eigenvalue weighted by atomic mass is 10.3. The predicted octanol–water partition coefficient (Wildman–Crippen LogP) is 0.456. The van der Waals surface area contributed by atoms with Crippen LogP contribution >= 0.6 is 0 Å². The minimum Gasteiger partial charge on any atom is -0.473 e. The van der Waals surface area contributed by atoms with Crippen molar-refractivity contribution in [3.05, 3.63) is 0 Å². The van der Waals surface area contributed by atoms with Crippen molar-refractivity contribution < 1.29 is 37.1 Å². The van der Waals surface area contributed by atoms with E-state index in [0.29, 0.717) is 0 Å². The maximum atomic E-state index is 9.75. The van der Waals surface area contributed by atoms with Crippen LogP contribution in [0.2, 0.25) is 0 Å². The van der Waals surface area contributed by atoms with Crippen LogP contribution in [0.3, 0.4) is 0 Å². The maximum Gasteiger partial charge on any atom is 0.673 e. The van der Waals surface area contributed by atoms with Crippen LogP contribution in [0.15, 0.2) is 0 Å². The van der Waals surface area contributed by atoms with Gasteiger partial charge >= 0.3 is 19.2 Å². The van der Waals surface area contributed by atoms with E-state index in [1.807, 2.05) is 0 Å². The van der Waals surface area contributed by atoms with Gasteiger partial charge in [-0.3, -0.25) is 0 Å². The molecular weight excluding hydrogens is 175 g/mol. The van der Waals surface area contributed by atoms with Gasteiger partial charge in [-0.05, 0) is 0 Å². The van der Waals surface area contributed by atoms with Gasteiger partial charge in [0.05, 0.1) is 0 Å². The molecule has 2 N–H and O–H groups in total. The van der Waals surface area contributed by atoms with E-state index in [1.54, 1.807) is 0 Å². The van der Waals surface area contributed by atoms with E-state index in [1.165, 1.54) is 0 Å². The maximum absolute atomic E-state index is 9.75. The van der Waals surface area contributed by atoms with Crippen molar-refractivity contribution in [2.45, 2.75) is 0 Å². The Balaban J connectivity index is 0. The smallest absolute Gasteiger partial charge is 0.473 e.